The minimum atomic E-state index is -0.593. The van der Waals surface area contributed by atoms with Gasteiger partial charge in [0.25, 0.3) is 0 Å². The highest BCUT2D eigenvalue weighted by Crippen LogP contribution is 2.53. The summed E-state index contributed by atoms with van der Waals surface area (Å²) in [6.07, 6.45) is -1.16. The van der Waals surface area contributed by atoms with E-state index in [1.165, 1.54) is 35.5 Å². The van der Waals surface area contributed by atoms with E-state index in [0.717, 1.165) is 0 Å². The van der Waals surface area contributed by atoms with Gasteiger partial charge in [0.1, 0.15) is 0 Å². The topological polar surface area (TPSA) is 116 Å². The third kappa shape index (κ3) is 4.11. The second-order valence-corrected chi connectivity index (χ2v) is 7.40. The summed E-state index contributed by atoms with van der Waals surface area (Å²) in [5, 5.41) is 30.6. The zero-order valence-electron chi connectivity index (χ0n) is 18.8. The van der Waals surface area contributed by atoms with Crippen LogP contribution in [0.5, 0.6) is 34.5 Å². The lowest BCUT2D eigenvalue weighted by Crippen LogP contribution is -2.23. The fraction of sp³-hybridized carbons (Fsp3) is 0.478. The maximum Gasteiger partial charge on any atom is 0.203 e. The van der Waals surface area contributed by atoms with Gasteiger partial charge >= 0.3 is 0 Å². The van der Waals surface area contributed by atoms with Crippen molar-refractivity contribution >= 4 is 0 Å². The molecule has 1 aliphatic heterocycles. The summed E-state index contributed by atoms with van der Waals surface area (Å²) >= 11 is 0. The lowest BCUT2D eigenvalue weighted by Gasteiger charge is -2.22. The summed E-state index contributed by atoms with van der Waals surface area (Å²) in [6.45, 7) is -0.433. The van der Waals surface area contributed by atoms with Crippen LogP contribution in [-0.2, 0) is 4.74 Å². The van der Waals surface area contributed by atoms with Gasteiger partial charge in [-0.1, -0.05) is 0 Å². The molecule has 0 amide bonds. The summed E-state index contributed by atoms with van der Waals surface area (Å²) in [5.74, 6) is 0.824. The molecule has 0 bridgehead atoms. The van der Waals surface area contributed by atoms with E-state index in [0.29, 0.717) is 28.4 Å². The number of benzene rings is 2. The Labute approximate surface area is 187 Å². The summed E-state index contributed by atoms with van der Waals surface area (Å²) in [6, 6.07) is 6.81. The molecule has 1 fully saturated rings. The Balaban J connectivity index is 2.08. The minimum Gasteiger partial charge on any atom is -0.502 e. The Hall–Kier alpha value is -2.88. The average molecular weight is 450 g/mol. The van der Waals surface area contributed by atoms with Crippen LogP contribution in [0.2, 0.25) is 0 Å². The molecule has 3 rings (SSSR count). The first kappa shape index (κ1) is 23.8. The van der Waals surface area contributed by atoms with Gasteiger partial charge in [0.05, 0.1) is 47.8 Å². The maximum atomic E-state index is 10.3. The molecule has 32 heavy (non-hydrogen) atoms. The standard InChI is InChI=1S/C23H30O9/c1-27-16-6-12(7-17(28-2)20(16)26)21-14(10-24)15(11-25)22(32-21)13-8-18(29-3)23(31-5)19(9-13)30-4/h6-9,14-15,21-22,24-26H,10-11H2,1-5H3/t14-,15-,21+,22+/m1/s1. The van der Waals surface area contributed by atoms with Crippen molar-refractivity contribution < 1.29 is 43.7 Å². The predicted octanol–water partition coefficient (Wildman–Crippen LogP) is 2.46. The zero-order valence-corrected chi connectivity index (χ0v) is 18.8. The summed E-state index contributed by atoms with van der Waals surface area (Å²) < 4.78 is 33.2. The molecule has 1 saturated heterocycles. The van der Waals surface area contributed by atoms with Crippen LogP contribution in [0.1, 0.15) is 23.3 Å². The molecule has 2 aromatic carbocycles. The highest BCUT2D eigenvalue weighted by molar-refractivity contribution is 5.55. The number of rotatable bonds is 9. The van der Waals surface area contributed by atoms with E-state index < -0.39 is 24.0 Å². The SMILES string of the molecule is COc1cc([C@@H]2O[C@@H](c3cc(OC)c(OC)c(OC)c3)[C@H](CO)[C@H]2CO)cc(OC)c1O. The third-order valence-electron chi connectivity index (χ3n) is 5.89. The summed E-state index contributed by atoms with van der Waals surface area (Å²) in [5.41, 5.74) is 1.35. The quantitative estimate of drug-likeness (QED) is 0.530. The highest BCUT2D eigenvalue weighted by atomic mass is 16.5. The molecule has 0 aromatic heterocycles. The number of aromatic hydroxyl groups is 1. The Morgan fingerprint density at radius 2 is 1.03 bits per heavy atom. The van der Waals surface area contributed by atoms with E-state index in [9.17, 15) is 15.3 Å². The Kier molecular flexibility index (Phi) is 7.55. The van der Waals surface area contributed by atoms with E-state index >= 15 is 0 Å². The van der Waals surface area contributed by atoms with Crippen molar-refractivity contribution in [3.8, 4) is 34.5 Å². The van der Waals surface area contributed by atoms with Crippen LogP contribution >= 0.6 is 0 Å². The molecule has 4 atom stereocenters. The van der Waals surface area contributed by atoms with Crippen molar-refractivity contribution in [2.45, 2.75) is 12.2 Å². The predicted molar refractivity (Wildman–Crippen MR) is 115 cm³/mol. The zero-order chi connectivity index (χ0) is 23.4. The van der Waals surface area contributed by atoms with Crippen LogP contribution in [0.15, 0.2) is 24.3 Å². The van der Waals surface area contributed by atoms with Gasteiger partial charge in [-0.15, -0.1) is 0 Å². The lowest BCUT2D eigenvalue weighted by atomic mass is 9.83. The number of aliphatic hydroxyl groups is 2. The van der Waals surface area contributed by atoms with Gasteiger partial charge in [-0.05, 0) is 35.4 Å². The summed E-state index contributed by atoms with van der Waals surface area (Å²) in [7, 11) is 7.44. The smallest absolute Gasteiger partial charge is 0.203 e. The van der Waals surface area contributed by atoms with Crippen LogP contribution < -0.4 is 23.7 Å². The highest BCUT2D eigenvalue weighted by Gasteiger charge is 2.46. The van der Waals surface area contributed by atoms with Crippen molar-refractivity contribution in [2.24, 2.45) is 11.8 Å². The first-order chi connectivity index (χ1) is 15.5. The lowest BCUT2D eigenvalue weighted by molar-refractivity contribution is 0.0180. The van der Waals surface area contributed by atoms with Gasteiger partial charge in [-0.3, -0.25) is 0 Å². The van der Waals surface area contributed by atoms with Gasteiger partial charge in [-0.25, -0.2) is 0 Å². The minimum absolute atomic E-state index is 0.128. The van der Waals surface area contributed by atoms with Crippen molar-refractivity contribution in [3.05, 3.63) is 35.4 Å². The average Bonchev–Trinajstić information content (AvgIpc) is 3.21. The normalized spacial score (nSPS) is 22.5. The van der Waals surface area contributed by atoms with Gasteiger partial charge in [0.2, 0.25) is 11.5 Å². The largest absolute Gasteiger partial charge is 0.502 e. The molecular formula is C23H30O9. The number of hydrogen-bond acceptors (Lipinski definition) is 9. The van der Waals surface area contributed by atoms with E-state index in [-0.39, 0.29) is 30.5 Å². The van der Waals surface area contributed by atoms with Gasteiger partial charge in [0, 0.05) is 25.0 Å². The molecule has 0 unspecified atom stereocenters. The third-order valence-corrected chi connectivity index (χ3v) is 5.89. The first-order valence-electron chi connectivity index (χ1n) is 10.1. The van der Waals surface area contributed by atoms with Crippen molar-refractivity contribution in [3.63, 3.8) is 0 Å². The maximum absolute atomic E-state index is 10.3. The molecule has 1 aliphatic rings. The number of phenols is 1. The molecule has 176 valence electrons. The first-order valence-corrected chi connectivity index (χ1v) is 10.1. The van der Waals surface area contributed by atoms with E-state index in [2.05, 4.69) is 0 Å². The number of hydrogen-bond donors (Lipinski definition) is 3. The van der Waals surface area contributed by atoms with E-state index in [4.69, 9.17) is 28.4 Å². The molecule has 1 heterocycles. The molecule has 9 heteroatoms. The number of aliphatic hydroxyl groups excluding tert-OH is 2. The van der Waals surface area contributed by atoms with Gasteiger partial charge in [-0.2, -0.15) is 0 Å². The molecule has 9 nitrogen and oxygen atoms in total. The molecular weight excluding hydrogens is 420 g/mol. The van der Waals surface area contributed by atoms with E-state index in [1.54, 1.807) is 24.3 Å². The van der Waals surface area contributed by atoms with Crippen molar-refractivity contribution in [1.82, 2.24) is 0 Å². The van der Waals surface area contributed by atoms with Crippen LogP contribution in [0.25, 0.3) is 0 Å². The van der Waals surface area contributed by atoms with Crippen LogP contribution in [0.4, 0.5) is 0 Å². The Bertz CT molecular complexity index is 880. The van der Waals surface area contributed by atoms with Crippen LogP contribution in [-0.4, -0.2) is 64.1 Å². The Morgan fingerprint density at radius 1 is 0.656 bits per heavy atom. The van der Waals surface area contributed by atoms with Gasteiger partial charge < -0.3 is 43.7 Å². The molecule has 0 saturated carbocycles. The van der Waals surface area contributed by atoms with Gasteiger partial charge in [0.15, 0.2) is 23.0 Å². The van der Waals surface area contributed by atoms with Crippen molar-refractivity contribution in [1.29, 1.82) is 0 Å². The number of methoxy groups -OCH3 is 5. The van der Waals surface area contributed by atoms with Crippen molar-refractivity contribution in [2.75, 3.05) is 48.8 Å². The van der Waals surface area contributed by atoms with Crippen LogP contribution in [0, 0.1) is 11.8 Å². The number of phenolic OH excluding ortho intramolecular Hbond substituents is 1. The summed E-state index contributed by atoms with van der Waals surface area (Å²) in [4.78, 5) is 0. The molecule has 3 N–H and O–H groups in total. The second-order valence-electron chi connectivity index (χ2n) is 7.40. The van der Waals surface area contributed by atoms with Crippen LogP contribution in [0.3, 0.4) is 0 Å². The molecule has 0 radical (unpaired) electrons. The molecule has 0 spiro atoms. The molecule has 2 aromatic rings. The second kappa shape index (κ2) is 10.2. The van der Waals surface area contributed by atoms with E-state index in [1.807, 2.05) is 0 Å². The Morgan fingerprint density at radius 3 is 1.34 bits per heavy atom. The monoisotopic (exact) mass is 450 g/mol. The fourth-order valence-corrected chi connectivity index (χ4v) is 4.27. The molecule has 0 aliphatic carbocycles. The number of ether oxygens (including phenoxy) is 6. The fourth-order valence-electron chi connectivity index (χ4n) is 4.27.